The standard InChI is InChI=1S/C15H16N4O/c1-9-13(10(2)20-19-9)8-17-15-12(7-16)6-11-4-3-5-14(11)18-15/h6H,3-5,8H2,1-2H3,(H,17,18). The maximum Gasteiger partial charge on any atom is 0.144 e. The summed E-state index contributed by atoms with van der Waals surface area (Å²) in [6.07, 6.45) is 3.16. The second kappa shape index (κ2) is 4.97. The van der Waals surface area contributed by atoms with Crippen LogP contribution in [0.25, 0.3) is 0 Å². The number of nitriles is 1. The predicted octanol–water partition coefficient (Wildman–Crippen LogP) is 2.66. The zero-order valence-electron chi connectivity index (χ0n) is 11.7. The van der Waals surface area contributed by atoms with Crippen LogP contribution in [0.1, 0.15) is 40.3 Å². The van der Waals surface area contributed by atoms with Gasteiger partial charge < -0.3 is 9.84 Å². The van der Waals surface area contributed by atoms with Crippen LogP contribution < -0.4 is 5.32 Å². The Balaban J connectivity index is 1.86. The highest BCUT2D eigenvalue weighted by Gasteiger charge is 2.17. The number of fused-ring (bicyclic) bond motifs is 1. The monoisotopic (exact) mass is 268 g/mol. The lowest BCUT2D eigenvalue weighted by atomic mass is 10.1. The van der Waals surface area contributed by atoms with E-state index in [2.05, 4.69) is 21.5 Å². The Morgan fingerprint density at radius 3 is 2.95 bits per heavy atom. The highest BCUT2D eigenvalue weighted by molar-refractivity contribution is 5.55. The van der Waals surface area contributed by atoms with Crippen LogP contribution in [0.2, 0.25) is 0 Å². The molecule has 0 aliphatic heterocycles. The number of aryl methyl sites for hydroxylation is 4. The number of nitrogens with zero attached hydrogens (tertiary/aromatic N) is 3. The van der Waals surface area contributed by atoms with Crippen molar-refractivity contribution in [1.29, 1.82) is 5.26 Å². The van der Waals surface area contributed by atoms with Crippen molar-refractivity contribution in [3.05, 3.63) is 39.9 Å². The summed E-state index contributed by atoms with van der Waals surface area (Å²) in [4.78, 5) is 4.60. The van der Waals surface area contributed by atoms with Gasteiger partial charge in [-0.15, -0.1) is 0 Å². The SMILES string of the molecule is Cc1noc(C)c1CNc1nc2c(cc1C#N)CCC2. The fourth-order valence-corrected chi connectivity index (χ4v) is 2.62. The van der Waals surface area contributed by atoms with E-state index in [-0.39, 0.29) is 0 Å². The normalized spacial score (nSPS) is 13.1. The van der Waals surface area contributed by atoms with E-state index in [9.17, 15) is 5.26 Å². The van der Waals surface area contributed by atoms with Crippen LogP contribution in [0.5, 0.6) is 0 Å². The number of rotatable bonds is 3. The third kappa shape index (κ3) is 2.14. The summed E-state index contributed by atoms with van der Waals surface area (Å²) in [6.45, 7) is 4.37. The molecule has 20 heavy (non-hydrogen) atoms. The highest BCUT2D eigenvalue weighted by atomic mass is 16.5. The lowest BCUT2D eigenvalue weighted by molar-refractivity contribution is 0.392. The Hall–Kier alpha value is -2.35. The third-order valence-corrected chi connectivity index (χ3v) is 3.79. The summed E-state index contributed by atoms with van der Waals surface area (Å²) in [6, 6.07) is 4.18. The Morgan fingerprint density at radius 2 is 2.25 bits per heavy atom. The summed E-state index contributed by atoms with van der Waals surface area (Å²) in [5, 5.41) is 16.4. The number of nitrogens with one attached hydrogen (secondary N) is 1. The largest absolute Gasteiger partial charge is 0.365 e. The lowest BCUT2D eigenvalue weighted by Gasteiger charge is -2.09. The molecule has 1 N–H and O–H groups in total. The first-order chi connectivity index (χ1) is 9.69. The average molecular weight is 268 g/mol. The van der Waals surface area contributed by atoms with Crippen molar-refractivity contribution >= 4 is 5.82 Å². The van der Waals surface area contributed by atoms with Crippen molar-refractivity contribution in [2.24, 2.45) is 0 Å². The number of aromatic nitrogens is 2. The number of hydrogen-bond acceptors (Lipinski definition) is 5. The van der Waals surface area contributed by atoms with E-state index >= 15 is 0 Å². The van der Waals surface area contributed by atoms with Crippen LogP contribution in [0, 0.1) is 25.2 Å². The van der Waals surface area contributed by atoms with Gasteiger partial charge in [-0.1, -0.05) is 5.16 Å². The summed E-state index contributed by atoms with van der Waals surface area (Å²) in [5.74, 6) is 1.46. The molecule has 2 aromatic rings. The summed E-state index contributed by atoms with van der Waals surface area (Å²) < 4.78 is 5.14. The molecule has 0 fully saturated rings. The van der Waals surface area contributed by atoms with Gasteiger partial charge in [0, 0.05) is 17.8 Å². The van der Waals surface area contributed by atoms with Gasteiger partial charge in [-0.25, -0.2) is 4.98 Å². The maximum absolute atomic E-state index is 9.26. The molecule has 1 aliphatic carbocycles. The van der Waals surface area contributed by atoms with Crippen molar-refractivity contribution in [2.75, 3.05) is 5.32 Å². The van der Waals surface area contributed by atoms with Crippen LogP contribution >= 0.6 is 0 Å². The predicted molar refractivity (Wildman–Crippen MR) is 74.3 cm³/mol. The van der Waals surface area contributed by atoms with Crippen LogP contribution in [-0.2, 0) is 19.4 Å². The average Bonchev–Trinajstić information content (AvgIpc) is 3.02. The molecule has 0 atom stereocenters. The molecule has 0 bridgehead atoms. The highest BCUT2D eigenvalue weighted by Crippen LogP contribution is 2.25. The smallest absolute Gasteiger partial charge is 0.144 e. The molecule has 0 saturated heterocycles. The summed E-state index contributed by atoms with van der Waals surface area (Å²) >= 11 is 0. The quantitative estimate of drug-likeness (QED) is 0.926. The molecular weight excluding hydrogens is 252 g/mol. The molecule has 0 aromatic carbocycles. The molecule has 5 heteroatoms. The van der Waals surface area contributed by atoms with Crippen molar-refractivity contribution in [2.45, 2.75) is 39.7 Å². The minimum absolute atomic E-state index is 0.571. The Kier molecular flexibility index (Phi) is 3.15. The van der Waals surface area contributed by atoms with E-state index in [1.54, 1.807) is 0 Å². The van der Waals surface area contributed by atoms with Gasteiger partial charge in [-0.3, -0.25) is 0 Å². The van der Waals surface area contributed by atoms with Gasteiger partial charge in [0.05, 0.1) is 11.3 Å². The van der Waals surface area contributed by atoms with Crippen molar-refractivity contribution in [1.82, 2.24) is 10.1 Å². The summed E-state index contributed by atoms with van der Waals surface area (Å²) in [5.41, 5.74) is 4.83. The molecule has 5 nitrogen and oxygen atoms in total. The Labute approximate surface area is 117 Å². The summed E-state index contributed by atoms with van der Waals surface area (Å²) in [7, 11) is 0. The Bertz CT molecular complexity index is 677. The van der Waals surface area contributed by atoms with E-state index in [0.29, 0.717) is 17.9 Å². The number of hydrogen-bond donors (Lipinski definition) is 1. The van der Waals surface area contributed by atoms with Crippen molar-refractivity contribution < 1.29 is 4.52 Å². The molecule has 2 heterocycles. The number of pyridine rings is 1. The van der Waals surface area contributed by atoms with Crippen molar-refractivity contribution in [3.8, 4) is 6.07 Å². The van der Waals surface area contributed by atoms with E-state index in [1.165, 1.54) is 5.56 Å². The lowest BCUT2D eigenvalue weighted by Crippen LogP contribution is -2.06. The van der Waals surface area contributed by atoms with Gasteiger partial charge in [0.15, 0.2) is 0 Å². The van der Waals surface area contributed by atoms with E-state index in [4.69, 9.17) is 4.52 Å². The molecule has 0 spiro atoms. The number of anilines is 1. The van der Waals surface area contributed by atoms with Gasteiger partial charge >= 0.3 is 0 Å². The first kappa shape index (κ1) is 12.7. The molecule has 1 aliphatic rings. The van der Waals surface area contributed by atoms with Crippen LogP contribution in [0.15, 0.2) is 10.6 Å². The second-order valence-electron chi connectivity index (χ2n) is 5.11. The van der Waals surface area contributed by atoms with Gasteiger partial charge in [0.2, 0.25) is 0 Å². The maximum atomic E-state index is 9.26. The van der Waals surface area contributed by atoms with Crippen LogP contribution in [0.3, 0.4) is 0 Å². The molecule has 3 rings (SSSR count). The second-order valence-corrected chi connectivity index (χ2v) is 5.11. The van der Waals surface area contributed by atoms with E-state index < -0.39 is 0 Å². The zero-order chi connectivity index (χ0) is 14.1. The molecule has 0 amide bonds. The molecule has 0 unspecified atom stereocenters. The molecule has 0 saturated carbocycles. The first-order valence-electron chi connectivity index (χ1n) is 6.77. The van der Waals surface area contributed by atoms with E-state index in [1.807, 2.05) is 19.9 Å². The minimum Gasteiger partial charge on any atom is -0.365 e. The van der Waals surface area contributed by atoms with Gasteiger partial charge in [-0.05, 0) is 44.7 Å². The molecular formula is C15H16N4O. The van der Waals surface area contributed by atoms with Gasteiger partial charge in [0.25, 0.3) is 0 Å². The van der Waals surface area contributed by atoms with Crippen LogP contribution in [0.4, 0.5) is 5.82 Å². The Morgan fingerprint density at radius 1 is 1.40 bits per heavy atom. The van der Waals surface area contributed by atoms with Gasteiger partial charge in [0.1, 0.15) is 17.6 Å². The fourth-order valence-electron chi connectivity index (χ4n) is 2.62. The van der Waals surface area contributed by atoms with Crippen LogP contribution in [-0.4, -0.2) is 10.1 Å². The fraction of sp³-hybridized carbons (Fsp3) is 0.400. The molecule has 0 radical (unpaired) electrons. The first-order valence-corrected chi connectivity index (χ1v) is 6.77. The third-order valence-electron chi connectivity index (χ3n) is 3.79. The van der Waals surface area contributed by atoms with Crippen molar-refractivity contribution in [3.63, 3.8) is 0 Å². The molecule has 2 aromatic heterocycles. The minimum atomic E-state index is 0.571. The topological polar surface area (TPSA) is 74.7 Å². The van der Waals surface area contributed by atoms with E-state index in [0.717, 1.165) is 42.0 Å². The zero-order valence-corrected chi connectivity index (χ0v) is 11.7. The van der Waals surface area contributed by atoms with Gasteiger partial charge in [-0.2, -0.15) is 5.26 Å². The molecule has 102 valence electrons.